The maximum atomic E-state index is 3.66. The minimum atomic E-state index is 0.540. The summed E-state index contributed by atoms with van der Waals surface area (Å²) in [6.45, 7) is 5.46. The van der Waals surface area contributed by atoms with Crippen molar-refractivity contribution in [1.82, 2.24) is 10.6 Å². The Hall–Kier alpha value is -0.0800. The second kappa shape index (κ2) is 5.55. The third-order valence-electron chi connectivity index (χ3n) is 2.65. The second-order valence-corrected chi connectivity index (χ2v) is 3.67. The molecule has 1 aliphatic carbocycles. The first-order valence-electron chi connectivity index (χ1n) is 5.36. The van der Waals surface area contributed by atoms with Crippen LogP contribution in [-0.2, 0) is 0 Å². The van der Waals surface area contributed by atoms with Crippen molar-refractivity contribution in [1.29, 1.82) is 0 Å². The van der Waals surface area contributed by atoms with Gasteiger partial charge in [-0.3, -0.25) is 5.32 Å². The molecule has 0 heterocycles. The van der Waals surface area contributed by atoms with Crippen molar-refractivity contribution in [3.05, 3.63) is 0 Å². The van der Waals surface area contributed by atoms with Gasteiger partial charge in [-0.2, -0.15) is 0 Å². The van der Waals surface area contributed by atoms with Crippen LogP contribution in [0.4, 0.5) is 0 Å². The zero-order valence-electron chi connectivity index (χ0n) is 8.40. The topological polar surface area (TPSA) is 24.1 Å². The van der Waals surface area contributed by atoms with Crippen molar-refractivity contribution in [2.24, 2.45) is 0 Å². The molecule has 0 aromatic carbocycles. The molecule has 1 aliphatic rings. The fourth-order valence-corrected chi connectivity index (χ4v) is 1.94. The van der Waals surface area contributed by atoms with E-state index in [1.807, 2.05) is 0 Å². The molecule has 0 aliphatic heterocycles. The molecular weight excluding hydrogens is 148 g/mol. The van der Waals surface area contributed by atoms with Gasteiger partial charge in [-0.25, -0.2) is 0 Å². The Morgan fingerprint density at radius 1 is 1.25 bits per heavy atom. The summed E-state index contributed by atoms with van der Waals surface area (Å²) in [5, 5.41) is 7.10. The van der Waals surface area contributed by atoms with E-state index in [0.717, 1.165) is 12.6 Å². The van der Waals surface area contributed by atoms with Crippen molar-refractivity contribution >= 4 is 0 Å². The summed E-state index contributed by atoms with van der Waals surface area (Å²) in [6, 6.07) is 0.786. The molecule has 0 aromatic heterocycles. The van der Waals surface area contributed by atoms with Gasteiger partial charge in [0, 0.05) is 6.04 Å². The molecule has 72 valence electrons. The molecule has 1 fully saturated rings. The first kappa shape index (κ1) is 10.0. The van der Waals surface area contributed by atoms with E-state index in [2.05, 4.69) is 24.5 Å². The van der Waals surface area contributed by atoms with Crippen molar-refractivity contribution in [2.75, 3.05) is 6.54 Å². The van der Waals surface area contributed by atoms with E-state index in [9.17, 15) is 0 Å². The molecule has 2 heteroatoms. The summed E-state index contributed by atoms with van der Waals surface area (Å²) in [6.07, 6.45) is 7.31. The molecule has 1 unspecified atom stereocenters. The fourth-order valence-electron chi connectivity index (χ4n) is 1.94. The quantitative estimate of drug-likeness (QED) is 0.615. The average molecular weight is 170 g/mol. The molecule has 2 nitrogen and oxygen atoms in total. The van der Waals surface area contributed by atoms with E-state index in [1.54, 1.807) is 0 Å². The molecule has 2 N–H and O–H groups in total. The van der Waals surface area contributed by atoms with Crippen LogP contribution in [0.15, 0.2) is 0 Å². The van der Waals surface area contributed by atoms with E-state index in [0.29, 0.717) is 6.17 Å². The first-order chi connectivity index (χ1) is 5.86. The zero-order chi connectivity index (χ0) is 8.81. The van der Waals surface area contributed by atoms with Crippen LogP contribution < -0.4 is 10.6 Å². The van der Waals surface area contributed by atoms with E-state index in [-0.39, 0.29) is 0 Å². The molecule has 0 spiro atoms. The smallest absolute Gasteiger partial charge is 0.0571 e. The fraction of sp³-hybridized carbons (Fsp3) is 1.00. The Morgan fingerprint density at radius 2 is 1.92 bits per heavy atom. The Labute approximate surface area is 76.1 Å². The van der Waals surface area contributed by atoms with Crippen LogP contribution in [-0.4, -0.2) is 18.8 Å². The number of nitrogens with one attached hydrogen (secondary N) is 2. The highest BCUT2D eigenvalue weighted by Crippen LogP contribution is 2.18. The SMILES string of the molecule is CCNC(CC)NC1CCCC1. The summed E-state index contributed by atoms with van der Waals surface area (Å²) >= 11 is 0. The molecule has 0 bridgehead atoms. The highest BCUT2D eigenvalue weighted by atomic mass is 15.1. The Kier molecular flexibility index (Phi) is 4.62. The molecular formula is C10H22N2. The number of hydrogen-bond acceptors (Lipinski definition) is 2. The summed E-state index contributed by atoms with van der Waals surface area (Å²) in [5.74, 6) is 0. The maximum Gasteiger partial charge on any atom is 0.0571 e. The highest BCUT2D eigenvalue weighted by molar-refractivity contribution is 4.76. The Morgan fingerprint density at radius 3 is 2.42 bits per heavy atom. The van der Waals surface area contributed by atoms with E-state index in [4.69, 9.17) is 0 Å². The molecule has 0 radical (unpaired) electrons. The Bertz CT molecular complexity index is 108. The van der Waals surface area contributed by atoms with Crippen LogP contribution in [0.1, 0.15) is 46.0 Å². The predicted molar refractivity (Wildman–Crippen MR) is 53.1 cm³/mol. The van der Waals surface area contributed by atoms with Crippen molar-refractivity contribution in [3.63, 3.8) is 0 Å². The van der Waals surface area contributed by atoms with Crippen LogP contribution in [0.3, 0.4) is 0 Å². The lowest BCUT2D eigenvalue weighted by molar-refractivity contribution is 0.368. The van der Waals surface area contributed by atoms with E-state index >= 15 is 0 Å². The maximum absolute atomic E-state index is 3.66. The molecule has 0 amide bonds. The van der Waals surface area contributed by atoms with Gasteiger partial charge in [0.25, 0.3) is 0 Å². The van der Waals surface area contributed by atoms with Crippen LogP contribution in [0.25, 0.3) is 0 Å². The first-order valence-corrected chi connectivity index (χ1v) is 5.36. The lowest BCUT2D eigenvalue weighted by Gasteiger charge is -2.22. The molecule has 0 aromatic rings. The Balaban J connectivity index is 2.16. The summed E-state index contributed by atoms with van der Waals surface area (Å²) in [7, 11) is 0. The van der Waals surface area contributed by atoms with E-state index < -0.39 is 0 Å². The van der Waals surface area contributed by atoms with Crippen molar-refractivity contribution in [3.8, 4) is 0 Å². The van der Waals surface area contributed by atoms with Crippen LogP contribution in [0.2, 0.25) is 0 Å². The minimum Gasteiger partial charge on any atom is -0.302 e. The number of rotatable bonds is 5. The van der Waals surface area contributed by atoms with Crippen LogP contribution in [0.5, 0.6) is 0 Å². The second-order valence-electron chi connectivity index (χ2n) is 3.67. The van der Waals surface area contributed by atoms with Gasteiger partial charge in [-0.1, -0.05) is 26.7 Å². The highest BCUT2D eigenvalue weighted by Gasteiger charge is 2.16. The van der Waals surface area contributed by atoms with E-state index in [1.165, 1.54) is 32.1 Å². The zero-order valence-corrected chi connectivity index (χ0v) is 8.40. The van der Waals surface area contributed by atoms with Crippen molar-refractivity contribution in [2.45, 2.75) is 58.2 Å². The lowest BCUT2D eigenvalue weighted by atomic mass is 10.2. The molecule has 1 saturated carbocycles. The summed E-state index contributed by atoms with van der Waals surface area (Å²) < 4.78 is 0. The number of hydrogen-bond donors (Lipinski definition) is 2. The van der Waals surface area contributed by atoms with Gasteiger partial charge in [0.1, 0.15) is 0 Å². The van der Waals surface area contributed by atoms with Gasteiger partial charge in [0.2, 0.25) is 0 Å². The van der Waals surface area contributed by atoms with Gasteiger partial charge in [0.15, 0.2) is 0 Å². The standard InChI is InChI=1S/C10H22N2/c1-3-10(11-4-2)12-9-7-5-6-8-9/h9-12H,3-8H2,1-2H3. The largest absolute Gasteiger partial charge is 0.302 e. The molecule has 0 saturated heterocycles. The molecule has 12 heavy (non-hydrogen) atoms. The lowest BCUT2D eigenvalue weighted by Crippen LogP contribution is -2.45. The van der Waals surface area contributed by atoms with Gasteiger partial charge in [-0.05, 0) is 25.8 Å². The van der Waals surface area contributed by atoms with Crippen LogP contribution in [0, 0.1) is 0 Å². The average Bonchev–Trinajstić information content (AvgIpc) is 2.56. The van der Waals surface area contributed by atoms with Gasteiger partial charge in [0.05, 0.1) is 6.17 Å². The normalized spacial score (nSPS) is 21.5. The predicted octanol–water partition coefficient (Wildman–Crippen LogP) is 1.86. The third-order valence-corrected chi connectivity index (χ3v) is 2.65. The molecule has 1 rings (SSSR count). The van der Waals surface area contributed by atoms with Gasteiger partial charge < -0.3 is 5.32 Å². The third kappa shape index (κ3) is 3.11. The minimum absolute atomic E-state index is 0.540. The molecule has 1 atom stereocenters. The van der Waals surface area contributed by atoms with Gasteiger partial charge >= 0.3 is 0 Å². The van der Waals surface area contributed by atoms with Crippen molar-refractivity contribution < 1.29 is 0 Å². The summed E-state index contributed by atoms with van der Waals surface area (Å²) in [5.41, 5.74) is 0. The summed E-state index contributed by atoms with van der Waals surface area (Å²) in [4.78, 5) is 0. The van der Waals surface area contributed by atoms with Crippen LogP contribution >= 0.6 is 0 Å². The van der Waals surface area contributed by atoms with Gasteiger partial charge in [-0.15, -0.1) is 0 Å². The monoisotopic (exact) mass is 170 g/mol.